The predicted molar refractivity (Wildman–Crippen MR) is 79.9 cm³/mol. The van der Waals surface area contributed by atoms with Crippen molar-refractivity contribution >= 4 is 22.1 Å². The third-order valence-corrected chi connectivity index (χ3v) is 4.91. The van der Waals surface area contributed by atoms with E-state index < -0.39 is 39.8 Å². The maximum atomic E-state index is 11.5. The number of carboxylic acids is 2. The van der Waals surface area contributed by atoms with E-state index in [-0.39, 0.29) is 4.90 Å². The van der Waals surface area contributed by atoms with Crippen molar-refractivity contribution in [1.82, 2.24) is 0 Å². The molecule has 0 aliphatic heterocycles. The second kappa shape index (κ2) is 7.53. The van der Waals surface area contributed by atoms with Crippen LogP contribution >= 0.6 is 0 Å². The van der Waals surface area contributed by atoms with Crippen molar-refractivity contribution in [3.8, 4) is 0 Å². The van der Waals surface area contributed by atoms with Gasteiger partial charge >= 0.3 is 22.1 Å². The molecule has 0 heterocycles. The molecule has 0 spiro atoms. The molecule has 128 valence electrons. The quantitative estimate of drug-likeness (QED) is 0.596. The van der Waals surface area contributed by atoms with Crippen LogP contribution in [0.2, 0.25) is 0 Å². The molecule has 4 N–H and O–H groups in total. The van der Waals surface area contributed by atoms with Crippen LogP contribution in [0.5, 0.6) is 0 Å². The first-order valence-electron chi connectivity index (χ1n) is 6.84. The fourth-order valence-corrected chi connectivity index (χ4v) is 3.10. The largest absolute Gasteiger partial charge is 0.481 e. The van der Waals surface area contributed by atoms with Crippen LogP contribution < -0.4 is 5.90 Å². The average Bonchev–Trinajstić information content (AvgIpc) is 2.51. The highest BCUT2D eigenvalue weighted by Gasteiger charge is 2.36. The van der Waals surface area contributed by atoms with Gasteiger partial charge in [-0.15, -0.1) is 0 Å². The highest BCUT2D eigenvalue weighted by Crippen LogP contribution is 2.34. The van der Waals surface area contributed by atoms with Crippen LogP contribution in [0.15, 0.2) is 29.2 Å². The maximum Gasteiger partial charge on any atom is 0.312 e. The number of carbonyl (C=O) groups is 2. The van der Waals surface area contributed by atoms with E-state index in [1.54, 1.807) is 6.92 Å². The van der Waals surface area contributed by atoms with Crippen molar-refractivity contribution in [2.75, 3.05) is 0 Å². The van der Waals surface area contributed by atoms with Crippen molar-refractivity contribution in [3.05, 3.63) is 29.8 Å². The number of benzene rings is 1. The topological polar surface area (TPSA) is 144 Å². The minimum absolute atomic E-state index is 0.170. The van der Waals surface area contributed by atoms with E-state index in [2.05, 4.69) is 4.28 Å². The third-order valence-electron chi connectivity index (χ3n) is 3.81. The van der Waals surface area contributed by atoms with E-state index in [0.29, 0.717) is 12.0 Å². The summed E-state index contributed by atoms with van der Waals surface area (Å²) in [5.41, 5.74) is 0.531. The Morgan fingerprint density at radius 2 is 1.70 bits per heavy atom. The molecule has 0 amide bonds. The minimum atomic E-state index is -4.05. The Morgan fingerprint density at radius 3 is 2.04 bits per heavy atom. The summed E-state index contributed by atoms with van der Waals surface area (Å²) in [7, 11) is -4.05. The van der Waals surface area contributed by atoms with E-state index in [0.717, 1.165) is 0 Å². The van der Waals surface area contributed by atoms with Crippen molar-refractivity contribution in [2.45, 2.75) is 31.1 Å². The Bertz CT molecular complexity index is 669. The van der Waals surface area contributed by atoms with Crippen LogP contribution in [-0.2, 0) is 24.0 Å². The van der Waals surface area contributed by atoms with Gasteiger partial charge in [-0.05, 0) is 30.0 Å². The summed E-state index contributed by atoms with van der Waals surface area (Å²) in [5, 5.41) is 18.5. The molecule has 0 saturated heterocycles. The SMILES string of the molecule is CCC(c1ccc(S(=O)(=O)ON)cc1)C(C(=O)O)C(C)C(=O)O. The lowest BCUT2D eigenvalue weighted by molar-refractivity contribution is -0.154. The summed E-state index contributed by atoms with van der Waals surface area (Å²) < 4.78 is 26.9. The van der Waals surface area contributed by atoms with Gasteiger partial charge in [0.2, 0.25) is 0 Å². The molecule has 0 radical (unpaired) electrons. The smallest absolute Gasteiger partial charge is 0.312 e. The Balaban J connectivity index is 3.23. The zero-order valence-electron chi connectivity index (χ0n) is 12.7. The molecule has 0 fully saturated rings. The van der Waals surface area contributed by atoms with Gasteiger partial charge in [0.25, 0.3) is 0 Å². The Hall–Kier alpha value is -1.97. The molecule has 23 heavy (non-hydrogen) atoms. The zero-order valence-corrected chi connectivity index (χ0v) is 13.5. The molecule has 1 aromatic carbocycles. The molecule has 1 rings (SSSR count). The standard InChI is InChI=1S/C14H19NO7S/c1-3-11(12(14(18)19)8(2)13(16)17)9-4-6-10(7-5-9)23(20,21)22-15/h4-8,11-12H,3,15H2,1-2H3,(H,16,17)(H,18,19). The van der Waals surface area contributed by atoms with Crippen molar-refractivity contribution in [2.24, 2.45) is 17.7 Å². The van der Waals surface area contributed by atoms with E-state index in [1.807, 2.05) is 0 Å². The molecule has 0 aliphatic rings. The fourth-order valence-electron chi connectivity index (χ4n) is 2.52. The molecule has 0 aromatic heterocycles. The van der Waals surface area contributed by atoms with Crippen LogP contribution in [0.3, 0.4) is 0 Å². The van der Waals surface area contributed by atoms with Crippen molar-refractivity contribution in [3.63, 3.8) is 0 Å². The lowest BCUT2D eigenvalue weighted by Gasteiger charge is -2.26. The van der Waals surface area contributed by atoms with Gasteiger partial charge in [0, 0.05) is 0 Å². The van der Waals surface area contributed by atoms with Crippen LogP contribution in [-0.4, -0.2) is 30.6 Å². The molecule has 0 saturated carbocycles. The second-order valence-electron chi connectivity index (χ2n) is 5.13. The third kappa shape index (κ3) is 4.27. The van der Waals surface area contributed by atoms with Gasteiger partial charge in [0.15, 0.2) is 0 Å². The molecule has 0 aliphatic carbocycles. The van der Waals surface area contributed by atoms with E-state index >= 15 is 0 Å². The number of carboxylic acid groups (broad SMARTS) is 2. The molecular weight excluding hydrogens is 326 g/mol. The van der Waals surface area contributed by atoms with E-state index in [1.165, 1.54) is 31.2 Å². The van der Waals surface area contributed by atoms with Crippen molar-refractivity contribution < 1.29 is 32.5 Å². The fraction of sp³-hybridized carbons (Fsp3) is 0.429. The number of aliphatic carboxylic acids is 2. The molecule has 3 unspecified atom stereocenters. The van der Waals surface area contributed by atoms with Crippen LogP contribution in [0, 0.1) is 11.8 Å². The maximum absolute atomic E-state index is 11.5. The number of hydrogen-bond acceptors (Lipinski definition) is 6. The molecule has 3 atom stereocenters. The Labute approximate surface area is 134 Å². The van der Waals surface area contributed by atoms with Gasteiger partial charge in [-0.2, -0.15) is 18.6 Å². The summed E-state index contributed by atoms with van der Waals surface area (Å²) in [6.07, 6.45) is 0.383. The highest BCUT2D eigenvalue weighted by molar-refractivity contribution is 7.86. The van der Waals surface area contributed by atoms with E-state index in [9.17, 15) is 23.1 Å². The first-order valence-corrected chi connectivity index (χ1v) is 8.25. The van der Waals surface area contributed by atoms with Gasteiger partial charge in [-0.25, -0.2) is 0 Å². The normalized spacial score (nSPS) is 15.6. The lowest BCUT2D eigenvalue weighted by Crippen LogP contribution is -2.32. The first kappa shape index (κ1) is 19.1. The summed E-state index contributed by atoms with van der Waals surface area (Å²) in [6, 6.07) is 5.35. The van der Waals surface area contributed by atoms with Crippen LogP contribution in [0.25, 0.3) is 0 Å². The second-order valence-corrected chi connectivity index (χ2v) is 6.70. The van der Waals surface area contributed by atoms with Gasteiger partial charge < -0.3 is 10.2 Å². The minimum Gasteiger partial charge on any atom is -0.481 e. The zero-order chi connectivity index (χ0) is 17.8. The number of nitrogens with two attached hydrogens (primary N) is 1. The Kier molecular flexibility index (Phi) is 6.25. The van der Waals surface area contributed by atoms with Crippen molar-refractivity contribution in [1.29, 1.82) is 0 Å². The van der Waals surface area contributed by atoms with Gasteiger partial charge in [-0.3, -0.25) is 9.59 Å². The average molecular weight is 345 g/mol. The first-order chi connectivity index (χ1) is 10.7. The van der Waals surface area contributed by atoms with E-state index in [4.69, 9.17) is 11.0 Å². The summed E-state index contributed by atoms with van der Waals surface area (Å²) in [5.74, 6) is -0.522. The molecule has 0 bridgehead atoms. The molecule has 9 heteroatoms. The van der Waals surface area contributed by atoms with Gasteiger partial charge in [0.05, 0.1) is 16.7 Å². The van der Waals surface area contributed by atoms with Gasteiger partial charge in [0.1, 0.15) is 0 Å². The van der Waals surface area contributed by atoms with Crippen LogP contribution in [0.1, 0.15) is 31.7 Å². The molecular formula is C14H19NO7S. The Morgan fingerprint density at radius 1 is 1.17 bits per heavy atom. The summed E-state index contributed by atoms with van der Waals surface area (Å²) in [4.78, 5) is 22.5. The predicted octanol–water partition coefficient (Wildman–Crippen LogP) is 1.18. The summed E-state index contributed by atoms with van der Waals surface area (Å²) >= 11 is 0. The summed E-state index contributed by atoms with van der Waals surface area (Å²) in [6.45, 7) is 3.08. The molecule has 1 aromatic rings. The monoisotopic (exact) mass is 345 g/mol. The molecule has 8 nitrogen and oxygen atoms in total. The van der Waals surface area contributed by atoms with Crippen LogP contribution in [0.4, 0.5) is 0 Å². The van der Waals surface area contributed by atoms with Gasteiger partial charge in [-0.1, -0.05) is 26.0 Å². The number of hydrogen-bond donors (Lipinski definition) is 3. The highest BCUT2D eigenvalue weighted by atomic mass is 32.2. The lowest BCUT2D eigenvalue weighted by atomic mass is 9.77. The number of rotatable bonds is 8.